The molecule has 1 aromatic carbocycles. The fourth-order valence-corrected chi connectivity index (χ4v) is 4.50. The lowest BCUT2D eigenvalue weighted by atomic mass is 10.1. The van der Waals surface area contributed by atoms with E-state index in [0.29, 0.717) is 25.2 Å². The number of rotatable bonds is 4. The van der Waals surface area contributed by atoms with E-state index in [1.165, 1.54) is 13.3 Å². The highest BCUT2D eigenvalue weighted by Crippen LogP contribution is 2.44. The quantitative estimate of drug-likeness (QED) is 0.750. The highest BCUT2D eigenvalue weighted by Gasteiger charge is 2.39. The van der Waals surface area contributed by atoms with Crippen LogP contribution in [0, 0.1) is 5.82 Å². The number of ether oxygens (including phenoxy) is 2. The summed E-state index contributed by atoms with van der Waals surface area (Å²) in [5, 5.41) is 12.8. The number of halogens is 2. The molecule has 162 valence electrons. The first kappa shape index (κ1) is 20.9. The van der Waals surface area contributed by atoms with Crippen LogP contribution >= 0.6 is 12.4 Å². The molecule has 3 aliphatic rings. The van der Waals surface area contributed by atoms with Crippen molar-refractivity contribution in [2.24, 2.45) is 0 Å². The van der Waals surface area contributed by atoms with E-state index >= 15 is 4.39 Å². The van der Waals surface area contributed by atoms with Gasteiger partial charge in [0.15, 0.2) is 11.6 Å². The minimum absolute atomic E-state index is 0. The monoisotopic (exact) mass is 439 g/mol. The van der Waals surface area contributed by atoms with Crippen molar-refractivity contribution >= 4 is 35.0 Å². The van der Waals surface area contributed by atoms with Gasteiger partial charge in [-0.15, -0.1) is 12.4 Å². The van der Waals surface area contributed by atoms with Gasteiger partial charge in [0.1, 0.15) is 11.3 Å². The molecule has 30 heavy (non-hydrogen) atoms. The van der Waals surface area contributed by atoms with Crippen LogP contribution in [-0.4, -0.2) is 61.1 Å². The van der Waals surface area contributed by atoms with Crippen LogP contribution in [0.25, 0.3) is 10.9 Å². The number of carbonyl (C=O) groups is 1. The zero-order chi connectivity index (χ0) is 20.3. The van der Waals surface area contributed by atoms with Gasteiger partial charge in [-0.2, -0.15) is 0 Å². The molecule has 2 N–H and O–H groups in total. The van der Waals surface area contributed by atoms with Gasteiger partial charge in [-0.1, -0.05) is 0 Å². The van der Waals surface area contributed by atoms with Gasteiger partial charge in [-0.05, 0) is 18.9 Å². The van der Waals surface area contributed by atoms with Gasteiger partial charge >= 0.3 is 5.97 Å². The Labute approximate surface area is 178 Å². The molecule has 8 nitrogen and oxygen atoms in total. The summed E-state index contributed by atoms with van der Waals surface area (Å²) in [7, 11) is 1.45. The lowest BCUT2D eigenvalue weighted by molar-refractivity contribution is 0.0212. The van der Waals surface area contributed by atoms with Crippen molar-refractivity contribution in [3.8, 4) is 5.75 Å². The fraction of sp³-hybridized carbons (Fsp3) is 0.500. The number of methoxy groups -OCH3 is 1. The van der Waals surface area contributed by atoms with E-state index in [1.54, 1.807) is 4.57 Å². The lowest BCUT2D eigenvalue weighted by Crippen LogP contribution is -2.47. The van der Waals surface area contributed by atoms with Crippen LogP contribution in [0.3, 0.4) is 0 Å². The predicted octanol–water partition coefficient (Wildman–Crippen LogP) is 1.78. The van der Waals surface area contributed by atoms with E-state index in [2.05, 4.69) is 5.32 Å². The summed E-state index contributed by atoms with van der Waals surface area (Å²) in [4.78, 5) is 26.2. The highest BCUT2D eigenvalue weighted by molar-refractivity contribution is 5.97. The molecule has 0 amide bonds. The SMILES string of the molecule is COc1c(N2C[C@@H]3NCCO[C@@H]3C2)c(F)cc2c(=O)c(C(=O)O)cn(C3CC3)c12.Cl. The van der Waals surface area contributed by atoms with Gasteiger partial charge in [-0.25, -0.2) is 9.18 Å². The summed E-state index contributed by atoms with van der Waals surface area (Å²) in [6.07, 6.45) is 3.07. The normalized spacial score (nSPS) is 23.2. The predicted molar refractivity (Wildman–Crippen MR) is 111 cm³/mol. The zero-order valence-electron chi connectivity index (χ0n) is 16.4. The molecule has 1 aliphatic carbocycles. The van der Waals surface area contributed by atoms with Crippen LogP contribution in [0.4, 0.5) is 10.1 Å². The van der Waals surface area contributed by atoms with Crippen molar-refractivity contribution in [1.29, 1.82) is 0 Å². The van der Waals surface area contributed by atoms with Gasteiger partial charge in [0.05, 0.1) is 36.8 Å². The first-order valence-corrected chi connectivity index (χ1v) is 9.78. The summed E-state index contributed by atoms with van der Waals surface area (Å²) in [5.74, 6) is -1.66. The Kier molecular flexibility index (Phi) is 5.37. The molecule has 0 spiro atoms. The van der Waals surface area contributed by atoms with Crippen LogP contribution in [0.2, 0.25) is 0 Å². The number of carboxylic acid groups (broad SMARTS) is 1. The Balaban J connectivity index is 0.00000218. The van der Waals surface area contributed by atoms with E-state index < -0.39 is 17.2 Å². The minimum atomic E-state index is -1.32. The van der Waals surface area contributed by atoms with E-state index in [-0.39, 0.29) is 53.0 Å². The number of carboxylic acids is 1. The number of nitrogens with one attached hydrogen (secondary N) is 1. The number of aromatic carboxylic acids is 1. The zero-order valence-corrected chi connectivity index (χ0v) is 17.2. The van der Waals surface area contributed by atoms with E-state index in [1.807, 2.05) is 4.90 Å². The second kappa shape index (κ2) is 7.72. The first-order chi connectivity index (χ1) is 14.0. The van der Waals surface area contributed by atoms with Gasteiger partial charge in [0.2, 0.25) is 5.43 Å². The van der Waals surface area contributed by atoms with Crippen LogP contribution in [0.1, 0.15) is 29.2 Å². The van der Waals surface area contributed by atoms with Crippen molar-refractivity contribution in [3.63, 3.8) is 0 Å². The standard InChI is InChI=1S/C20H22FN3O5.ClH/c1-28-19-16-11(18(25)12(20(26)27)7-24(16)10-2-3-10)6-13(21)17(19)23-8-14-15(9-23)29-5-4-22-14;/h6-7,10,14-15,22H,2-5,8-9H2,1H3,(H,26,27);1H/t14-,15+;/m0./s1. The summed E-state index contributed by atoms with van der Waals surface area (Å²) < 4.78 is 28.5. The van der Waals surface area contributed by atoms with Crippen molar-refractivity contribution in [2.75, 3.05) is 38.3 Å². The van der Waals surface area contributed by atoms with Gasteiger partial charge in [-0.3, -0.25) is 4.79 Å². The van der Waals surface area contributed by atoms with E-state index in [4.69, 9.17) is 9.47 Å². The number of hydrogen-bond donors (Lipinski definition) is 2. The number of pyridine rings is 1. The smallest absolute Gasteiger partial charge is 0.341 e. The van der Waals surface area contributed by atoms with Crippen LogP contribution in [0.15, 0.2) is 17.1 Å². The summed E-state index contributed by atoms with van der Waals surface area (Å²) in [6, 6.07) is 1.33. The average Bonchev–Trinajstić information content (AvgIpc) is 3.45. The topological polar surface area (TPSA) is 93.0 Å². The molecule has 2 saturated heterocycles. The molecule has 1 aromatic heterocycles. The van der Waals surface area contributed by atoms with Crippen LogP contribution < -0.4 is 20.4 Å². The largest absolute Gasteiger partial charge is 0.492 e. The maximum Gasteiger partial charge on any atom is 0.341 e. The molecule has 1 saturated carbocycles. The number of hydrogen-bond acceptors (Lipinski definition) is 6. The molecular weight excluding hydrogens is 417 g/mol. The maximum atomic E-state index is 15.3. The highest BCUT2D eigenvalue weighted by atomic mass is 35.5. The molecule has 0 radical (unpaired) electrons. The second-order valence-electron chi connectivity index (χ2n) is 7.83. The van der Waals surface area contributed by atoms with Gasteiger partial charge in [0.25, 0.3) is 0 Å². The molecule has 10 heteroatoms. The number of nitrogens with zero attached hydrogens (tertiary/aromatic N) is 2. The third-order valence-corrected chi connectivity index (χ3v) is 6.00. The maximum absolute atomic E-state index is 15.3. The Morgan fingerprint density at radius 2 is 2.13 bits per heavy atom. The van der Waals surface area contributed by atoms with Gasteiger partial charge in [0, 0.05) is 31.9 Å². The number of benzene rings is 1. The second-order valence-corrected chi connectivity index (χ2v) is 7.83. The average molecular weight is 440 g/mol. The molecule has 2 aromatic rings. The van der Waals surface area contributed by atoms with E-state index in [0.717, 1.165) is 25.5 Å². The number of anilines is 1. The molecule has 3 heterocycles. The first-order valence-electron chi connectivity index (χ1n) is 9.78. The van der Waals surface area contributed by atoms with Crippen LogP contribution in [0.5, 0.6) is 5.75 Å². The van der Waals surface area contributed by atoms with Crippen molar-refractivity contribution in [2.45, 2.75) is 31.0 Å². The fourth-order valence-electron chi connectivity index (χ4n) is 4.50. The van der Waals surface area contributed by atoms with Crippen LogP contribution in [-0.2, 0) is 4.74 Å². The Morgan fingerprint density at radius 1 is 1.37 bits per heavy atom. The summed E-state index contributed by atoms with van der Waals surface area (Å²) >= 11 is 0. The third kappa shape index (κ3) is 3.21. The molecule has 0 unspecified atom stereocenters. The Hall–Kier alpha value is -2.36. The molecule has 2 atom stereocenters. The number of aromatic nitrogens is 1. The van der Waals surface area contributed by atoms with Gasteiger partial charge < -0.3 is 29.4 Å². The Bertz CT molecular complexity index is 1060. The third-order valence-electron chi connectivity index (χ3n) is 6.00. The van der Waals surface area contributed by atoms with Crippen molar-refractivity contribution in [1.82, 2.24) is 9.88 Å². The summed E-state index contributed by atoms with van der Waals surface area (Å²) in [6.45, 7) is 2.44. The lowest BCUT2D eigenvalue weighted by Gasteiger charge is -2.25. The van der Waals surface area contributed by atoms with Crippen molar-refractivity contribution in [3.05, 3.63) is 33.9 Å². The molecule has 2 aliphatic heterocycles. The van der Waals surface area contributed by atoms with E-state index in [9.17, 15) is 14.7 Å². The summed E-state index contributed by atoms with van der Waals surface area (Å²) in [5.41, 5.74) is -0.321. The molecule has 0 bridgehead atoms. The Morgan fingerprint density at radius 3 is 2.77 bits per heavy atom. The number of fused-ring (bicyclic) bond motifs is 2. The number of morpholine rings is 1. The molecular formula is C20H23ClFN3O5. The molecule has 3 fully saturated rings. The molecule has 5 rings (SSSR count). The van der Waals surface area contributed by atoms with Crippen molar-refractivity contribution < 1.29 is 23.8 Å². The minimum Gasteiger partial charge on any atom is -0.492 e.